The topological polar surface area (TPSA) is 105 Å². The Morgan fingerprint density at radius 2 is 1.83 bits per heavy atom. The molecule has 152 valence electrons. The van der Waals surface area contributed by atoms with E-state index in [2.05, 4.69) is 42.7 Å². The number of hydrogen-bond acceptors (Lipinski definition) is 8. The van der Waals surface area contributed by atoms with Gasteiger partial charge in [0.05, 0.1) is 6.61 Å². The first-order valence-electron chi connectivity index (χ1n) is 9.68. The van der Waals surface area contributed by atoms with Gasteiger partial charge in [0.1, 0.15) is 11.6 Å². The van der Waals surface area contributed by atoms with E-state index < -0.39 is 0 Å². The van der Waals surface area contributed by atoms with Crippen LogP contribution in [0.15, 0.2) is 36.4 Å². The zero-order valence-corrected chi connectivity index (χ0v) is 16.7. The number of aromatic amines is 1. The number of hydrogen-bond donors (Lipinski definition) is 4. The monoisotopic (exact) mass is 394 g/mol. The Balaban J connectivity index is 1.65. The molecule has 1 aliphatic rings. The quantitative estimate of drug-likeness (QED) is 0.505. The third-order valence-corrected chi connectivity index (χ3v) is 4.94. The summed E-state index contributed by atoms with van der Waals surface area (Å²) in [5, 5.41) is 23.3. The van der Waals surface area contributed by atoms with Gasteiger partial charge in [0.15, 0.2) is 5.82 Å². The maximum atomic E-state index is 9.61. The Morgan fingerprint density at radius 1 is 1.03 bits per heavy atom. The van der Waals surface area contributed by atoms with Gasteiger partial charge in [-0.05, 0) is 20.0 Å². The Morgan fingerprint density at radius 3 is 2.55 bits per heavy atom. The molecule has 0 spiro atoms. The second-order valence-electron chi connectivity index (χ2n) is 7.23. The summed E-state index contributed by atoms with van der Waals surface area (Å²) < 4.78 is 0. The van der Waals surface area contributed by atoms with Gasteiger partial charge in [-0.15, -0.1) is 0 Å². The highest BCUT2D eigenvalue weighted by molar-refractivity contribution is 5.64. The van der Waals surface area contributed by atoms with Crippen LogP contribution in [0, 0.1) is 6.92 Å². The number of benzene rings is 1. The SMILES string of the molecule is Cc1cc(Nc2cc(N3CCN(C)CC3)nc(Nc3ccccc3CO)n2)n[nH]1. The number of para-hydroxylation sites is 1. The molecule has 0 amide bonds. The Hall–Kier alpha value is -3.17. The number of aliphatic hydroxyl groups excluding tert-OH is 1. The molecule has 1 saturated heterocycles. The molecule has 0 atom stereocenters. The summed E-state index contributed by atoms with van der Waals surface area (Å²) in [5.41, 5.74) is 2.54. The number of H-pyrrole nitrogens is 1. The summed E-state index contributed by atoms with van der Waals surface area (Å²) in [6, 6.07) is 11.5. The summed E-state index contributed by atoms with van der Waals surface area (Å²) in [5.74, 6) is 2.68. The molecule has 3 aromatic rings. The molecule has 4 rings (SSSR count). The molecule has 4 N–H and O–H groups in total. The number of nitrogens with zero attached hydrogens (tertiary/aromatic N) is 5. The van der Waals surface area contributed by atoms with Crippen molar-refractivity contribution in [1.29, 1.82) is 0 Å². The predicted octanol–water partition coefficient (Wildman–Crippen LogP) is 2.24. The molecule has 0 unspecified atom stereocenters. The first-order chi connectivity index (χ1) is 14.1. The Labute approximate surface area is 169 Å². The average molecular weight is 394 g/mol. The number of anilines is 5. The number of aliphatic hydroxyl groups is 1. The van der Waals surface area contributed by atoms with Gasteiger partial charge in [0.2, 0.25) is 5.95 Å². The van der Waals surface area contributed by atoms with Crippen LogP contribution in [0.1, 0.15) is 11.3 Å². The van der Waals surface area contributed by atoms with Crippen LogP contribution in [0.4, 0.5) is 29.1 Å². The minimum absolute atomic E-state index is 0.0566. The largest absolute Gasteiger partial charge is 0.392 e. The highest BCUT2D eigenvalue weighted by atomic mass is 16.3. The zero-order chi connectivity index (χ0) is 20.2. The highest BCUT2D eigenvalue weighted by Gasteiger charge is 2.18. The van der Waals surface area contributed by atoms with E-state index in [-0.39, 0.29) is 6.61 Å². The van der Waals surface area contributed by atoms with E-state index in [1.54, 1.807) is 0 Å². The fourth-order valence-corrected chi connectivity index (χ4v) is 3.27. The molecular weight excluding hydrogens is 368 g/mol. The minimum Gasteiger partial charge on any atom is -0.392 e. The minimum atomic E-state index is -0.0566. The van der Waals surface area contributed by atoms with Crippen molar-refractivity contribution in [2.75, 3.05) is 48.8 Å². The molecule has 2 aromatic heterocycles. The standard InChI is InChI=1S/C20H26N8O/c1-14-11-18(26-25-14)22-17-12-19(28-9-7-27(2)8-10-28)24-20(23-17)21-16-6-4-3-5-15(16)13-29/h3-6,11-12,29H,7-10,13H2,1-2H3,(H3,21,22,23,24,25,26). The Kier molecular flexibility index (Phi) is 5.59. The fourth-order valence-electron chi connectivity index (χ4n) is 3.27. The van der Waals surface area contributed by atoms with Crippen LogP contribution in [0.2, 0.25) is 0 Å². The maximum absolute atomic E-state index is 9.61. The third kappa shape index (κ3) is 4.64. The van der Waals surface area contributed by atoms with Gasteiger partial charge < -0.3 is 25.5 Å². The molecule has 1 fully saturated rings. The smallest absolute Gasteiger partial charge is 0.231 e. The van der Waals surface area contributed by atoms with Crippen LogP contribution in [-0.4, -0.2) is 63.4 Å². The fraction of sp³-hybridized carbons (Fsp3) is 0.350. The zero-order valence-electron chi connectivity index (χ0n) is 16.7. The molecule has 0 bridgehead atoms. The molecule has 1 aliphatic heterocycles. The van der Waals surface area contributed by atoms with Crippen LogP contribution in [0.5, 0.6) is 0 Å². The van der Waals surface area contributed by atoms with Crippen molar-refractivity contribution in [1.82, 2.24) is 25.1 Å². The van der Waals surface area contributed by atoms with Crippen LogP contribution >= 0.6 is 0 Å². The highest BCUT2D eigenvalue weighted by Crippen LogP contribution is 2.25. The predicted molar refractivity (Wildman–Crippen MR) is 114 cm³/mol. The molecule has 0 aliphatic carbocycles. The van der Waals surface area contributed by atoms with Crippen molar-refractivity contribution in [2.45, 2.75) is 13.5 Å². The van der Waals surface area contributed by atoms with Gasteiger partial charge in [0.25, 0.3) is 0 Å². The van der Waals surface area contributed by atoms with Crippen molar-refractivity contribution in [2.24, 2.45) is 0 Å². The molecule has 0 radical (unpaired) electrons. The molecule has 29 heavy (non-hydrogen) atoms. The molecule has 9 heteroatoms. The van der Waals surface area contributed by atoms with Crippen molar-refractivity contribution in [3.05, 3.63) is 47.7 Å². The molecule has 9 nitrogen and oxygen atoms in total. The number of nitrogens with one attached hydrogen (secondary N) is 3. The van der Waals surface area contributed by atoms with E-state index in [1.165, 1.54) is 0 Å². The summed E-state index contributed by atoms with van der Waals surface area (Å²) in [4.78, 5) is 13.9. The number of rotatable bonds is 6. The second kappa shape index (κ2) is 8.46. The second-order valence-corrected chi connectivity index (χ2v) is 7.23. The molecule has 1 aromatic carbocycles. The van der Waals surface area contributed by atoms with Crippen molar-refractivity contribution in [3.63, 3.8) is 0 Å². The van der Waals surface area contributed by atoms with Crippen molar-refractivity contribution >= 4 is 29.1 Å². The molecule has 3 heterocycles. The first kappa shape index (κ1) is 19.2. The summed E-state index contributed by atoms with van der Waals surface area (Å²) in [6.07, 6.45) is 0. The van der Waals surface area contributed by atoms with Crippen LogP contribution in [0.3, 0.4) is 0 Å². The van der Waals surface area contributed by atoms with Crippen LogP contribution in [0.25, 0.3) is 0 Å². The van der Waals surface area contributed by atoms with E-state index >= 15 is 0 Å². The van der Waals surface area contributed by atoms with Gasteiger partial charge in [-0.2, -0.15) is 15.1 Å². The van der Waals surface area contributed by atoms with Gasteiger partial charge in [0, 0.05) is 55.3 Å². The van der Waals surface area contributed by atoms with E-state index in [4.69, 9.17) is 4.98 Å². The third-order valence-electron chi connectivity index (χ3n) is 4.94. The maximum Gasteiger partial charge on any atom is 0.231 e. The lowest BCUT2D eigenvalue weighted by Crippen LogP contribution is -2.44. The van der Waals surface area contributed by atoms with Gasteiger partial charge in [-0.3, -0.25) is 5.10 Å². The number of likely N-dealkylation sites (N-methyl/N-ethyl adjacent to an activating group) is 1. The van der Waals surface area contributed by atoms with Crippen molar-refractivity contribution in [3.8, 4) is 0 Å². The number of piperazine rings is 1. The van der Waals surface area contributed by atoms with E-state index in [0.717, 1.165) is 48.9 Å². The van der Waals surface area contributed by atoms with Gasteiger partial charge in [-0.25, -0.2) is 0 Å². The Bertz CT molecular complexity index is 965. The summed E-state index contributed by atoms with van der Waals surface area (Å²) in [7, 11) is 2.13. The first-order valence-corrected chi connectivity index (χ1v) is 9.68. The summed E-state index contributed by atoms with van der Waals surface area (Å²) >= 11 is 0. The number of aryl methyl sites for hydroxylation is 1. The van der Waals surface area contributed by atoms with E-state index in [0.29, 0.717) is 17.6 Å². The van der Waals surface area contributed by atoms with Crippen molar-refractivity contribution < 1.29 is 5.11 Å². The van der Waals surface area contributed by atoms with Gasteiger partial charge in [-0.1, -0.05) is 18.2 Å². The number of aromatic nitrogens is 4. The van der Waals surface area contributed by atoms with Crippen LogP contribution < -0.4 is 15.5 Å². The van der Waals surface area contributed by atoms with E-state index in [9.17, 15) is 5.11 Å². The lowest BCUT2D eigenvalue weighted by atomic mass is 10.2. The van der Waals surface area contributed by atoms with Gasteiger partial charge >= 0.3 is 0 Å². The molecular formula is C20H26N8O. The van der Waals surface area contributed by atoms with E-state index in [1.807, 2.05) is 43.3 Å². The summed E-state index contributed by atoms with van der Waals surface area (Å²) in [6.45, 7) is 5.68. The average Bonchev–Trinajstić information content (AvgIpc) is 3.13. The lowest BCUT2D eigenvalue weighted by molar-refractivity contribution is 0.282. The lowest BCUT2D eigenvalue weighted by Gasteiger charge is -2.33. The normalized spacial score (nSPS) is 14.8. The molecule has 0 saturated carbocycles. The van der Waals surface area contributed by atoms with Crippen LogP contribution in [-0.2, 0) is 6.61 Å².